The van der Waals surface area contributed by atoms with Crippen LogP contribution in [0.2, 0.25) is 0 Å². The Morgan fingerprint density at radius 1 is 1.12 bits per heavy atom. The van der Waals surface area contributed by atoms with E-state index in [1.54, 1.807) is 23.7 Å². The third kappa shape index (κ3) is 5.48. The number of rotatable bonds is 8. The van der Waals surface area contributed by atoms with Crippen LogP contribution in [0.4, 0.5) is 11.4 Å². The molecule has 0 radical (unpaired) electrons. The molecule has 4 rings (SSSR count). The van der Waals surface area contributed by atoms with Gasteiger partial charge in [0.25, 0.3) is 5.91 Å². The number of aromatic nitrogens is 3. The number of amides is 2. The third-order valence-electron chi connectivity index (χ3n) is 4.94. The number of carbonyl (C=O) groups excluding carboxylic acids is 2. The van der Waals surface area contributed by atoms with Gasteiger partial charge in [-0.1, -0.05) is 11.8 Å². The number of anilines is 2. The van der Waals surface area contributed by atoms with Crippen LogP contribution in [0.5, 0.6) is 0 Å². The highest BCUT2D eigenvalue weighted by Crippen LogP contribution is 2.20. The standard InChI is InChI=1S/C21H24N6O4S/c1-26-18(13-22-20(29)17-3-2-10-31-17)24-25-21(26)32-14-19(28)23-15-4-6-16(7-5-15)27-8-11-30-12-9-27/h2-7,10H,8-9,11-14H2,1H3,(H,22,29)(H,23,28). The second kappa shape index (κ2) is 10.3. The van der Waals surface area contributed by atoms with Crippen LogP contribution in [-0.2, 0) is 23.1 Å². The van der Waals surface area contributed by atoms with E-state index in [1.807, 2.05) is 24.3 Å². The second-order valence-electron chi connectivity index (χ2n) is 7.10. The molecule has 1 fully saturated rings. The van der Waals surface area contributed by atoms with E-state index < -0.39 is 0 Å². The molecule has 168 valence electrons. The zero-order chi connectivity index (χ0) is 22.3. The minimum atomic E-state index is -0.328. The van der Waals surface area contributed by atoms with Gasteiger partial charge in [0, 0.05) is 31.5 Å². The number of ether oxygens (including phenoxy) is 1. The van der Waals surface area contributed by atoms with Crippen molar-refractivity contribution >= 4 is 35.0 Å². The SMILES string of the molecule is Cn1c(CNC(=O)c2ccco2)nnc1SCC(=O)Nc1ccc(N2CCOCC2)cc1. The van der Waals surface area contributed by atoms with Crippen molar-refractivity contribution in [2.75, 3.05) is 42.3 Å². The first-order chi connectivity index (χ1) is 15.6. The highest BCUT2D eigenvalue weighted by molar-refractivity contribution is 7.99. The van der Waals surface area contributed by atoms with Crippen molar-refractivity contribution in [3.8, 4) is 0 Å². The third-order valence-corrected chi connectivity index (χ3v) is 5.96. The summed E-state index contributed by atoms with van der Waals surface area (Å²) in [6.07, 6.45) is 1.44. The van der Waals surface area contributed by atoms with Crippen LogP contribution in [0.3, 0.4) is 0 Å². The van der Waals surface area contributed by atoms with Gasteiger partial charge in [-0.15, -0.1) is 10.2 Å². The molecule has 11 heteroatoms. The first-order valence-corrected chi connectivity index (χ1v) is 11.1. The molecule has 0 spiro atoms. The molecule has 0 aliphatic carbocycles. The van der Waals surface area contributed by atoms with Gasteiger partial charge >= 0.3 is 0 Å². The van der Waals surface area contributed by atoms with E-state index >= 15 is 0 Å². The lowest BCUT2D eigenvalue weighted by atomic mass is 10.2. The summed E-state index contributed by atoms with van der Waals surface area (Å²) in [5.74, 6) is 0.537. The van der Waals surface area contributed by atoms with Crippen molar-refractivity contribution in [3.05, 3.63) is 54.2 Å². The number of furan rings is 1. The van der Waals surface area contributed by atoms with Gasteiger partial charge in [0.1, 0.15) is 0 Å². The molecule has 0 atom stereocenters. The van der Waals surface area contributed by atoms with E-state index in [4.69, 9.17) is 9.15 Å². The van der Waals surface area contributed by atoms with Gasteiger partial charge in [0.05, 0.1) is 31.8 Å². The van der Waals surface area contributed by atoms with Crippen LogP contribution in [-0.4, -0.2) is 58.6 Å². The predicted octanol–water partition coefficient (Wildman–Crippen LogP) is 1.91. The van der Waals surface area contributed by atoms with Crippen LogP contribution in [0.1, 0.15) is 16.4 Å². The summed E-state index contributed by atoms with van der Waals surface area (Å²) in [6.45, 7) is 3.40. The number of thioether (sulfide) groups is 1. The monoisotopic (exact) mass is 456 g/mol. The van der Waals surface area contributed by atoms with Crippen LogP contribution < -0.4 is 15.5 Å². The molecule has 2 amide bonds. The van der Waals surface area contributed by atoms with Crippen LogP contribution in [0.15, 0.2) is 52.2 Å². The highest BCUT2D eigenvalue weighted by Gasteiger charge is 2.15. The maximum Gasteiger partial charge on any atom is 0.287 e. The normalized spacial score (nSPS) is 13.7. The summed E-state index contributed by atoms with van der Waals surface area (Å²) in [5.41, 5.74) is 1.86. The molecule has 3 heterocycles. The van der Waals surface area contributed by atoms with Crippen molar-refractivity contribution in [2.24, 2.45) is 7.05 Å². The van der Waals surface area contributed by atoms with Gasteiger partial charge in [-0.3, -0.25) is 9.59 Å². The Bertz CT molecular complexity index is 1040. The zero-order valence-corrected chi connectivity index (χ0v) is 18.4. The quantitative estimate of drug-likeness (QED) is 0.494. The Balaban J connectivity index is 1.24. The maximum atomic E-state index is 12.4. The lowest BCUT2D eigenvalue weighted by molar-refractivity contribution is -0.113. The first kappa shape index (κ1) is 21.9. The van der Waals surface area contributed by atoms with E-state index in [1.165, 1.54) is 18.0 Å². The maximum absolute atomic E-state index is 12.4. The molecule has 32 heavy (non-hydrogen) atoms. The molecule has 1 aliphatic heterocycles. The van der Waals surface area contributed by atoms with E-state index in [0.29, 0.717) is 11.0 Å². The Hall–Kier alpha value is -3.31. The number of nitrogens with one attached hydrogen (secondary N) is 2. The summed E-state index contributed by atoms with van der Waals surface area (Å²) in [5, 5.41) is 14.4. The fourth-order valence-electron chi connectivity index (χ4n) is 3.18. The number of hydrogen-bond acceptors (Lipinski definition) is 8. The minimum absolute atomic E-state index is 0.134. The fraction of sp³-hybridized carbons (Fsp3) is 0.333. The summed E-state index contributed by atoms with van der Waals surface area (Å²) in [6, 6.07) is 11.0. The molecular formula is C21H24N6O4S. The molecule has 0 bridgehead atoms. The summed E-state index contributed by atoms with van der Waals surface area (Å²) < 4.78 is 12.2. The number of morpholine rings is 1. The lowest BCUT2D eigenvalue weighted by Crippen LogP contribution is -2.36. The van der Waals surface area contributed by atoms with Gasteiger partial charge in [-0.05, 0) is 36.4 Å². The molecule has 2 N–H and O–H groups in total. The molecule has 1 saturated heterocycles. The number of carbonyl (C=O) groups is 2. The van der Waals surface area contributed by atoms with Gasteiger partial charge in [-0.2, -0.15) is 0 Å². The first-order valence-electron chi connectivity index (χ1n) is 10.2. The summed E-state index contributed by atoms with van der Waals surface area (Å²) in [4.78, 5) is 26.6. The molecular weight excluding hydrogens is 432 g/mol. The van der Waals surface area contributed by atoms with Crippen molar-refractivity contribution in [1.82, 2.24) is 20.1 Å². The van der Waals surface area contributed by atoms with Crippen molar-refractivity contribution in [3.63, 3.8) is 0 Å². The second-order valence-corrected chi connectivity index (χ2v) is 8.04. The molecule has 0 unspecified atom stereocenters. The lowest BCUT2D eigenvalue weighted by Gasteiger charge is -2.28. The zero-order valence-electron chi connectivity index (χ0n) is 17.6. The molecule has 1 aliphatic rings. The predicted molar refractivity (Wildman–Crippen MR) is 120 cm³/mol. The smallest absolute Gasteiger partial charge is 0.287 e. The van der Waals surface area contributed by atoms with Gasteiger partial charge < -0.3 is 29.3 Å². The summed E-state index contributed by atoms with van der Waals surface area (Å²) in [7, 11) is 1.79. The molecule has 1 aromatic carbocycles. The highest BCUT2D eigenvalue weighted by atomic mass is 32.2. The molecule has 3 aromatic rings. The van der Waals surface area contributed by atoms with Crippen molar-refractivity contribution < 1.29 is 18.7 Å². The van der Waals surface area contributed by atoms with Crippen LogP contribution in [0.25, 0.3) is 0 Å². The van der Waals surface area contributed by atoms with E-state index in [2.05, 4.69) is 25.7 Å². The van der Waals surface area contributed by atoms with Gasteiger partial charge in [0.2, 0.25) is 5.91 Å². The number of benzene rings is 1. The fourth-order valence-corrected chi connectivity index (χ4v) is 3.91. The topological polar surface area (TPSA) is 115 Å². The Morgan fingerprint density at radius 2 is 1.91 bits per heavy atom. The number of nitrogens with zero attached hydrogens (tertiary/aromatic N) is 4. The van der Waals surface area contributed by atoms with Gasteiger partial charge in [0.15, 0.2) is 16.7 Å². The summed E-state index contributed by atoms with van der Waals surface area (Å²) >= 11 is 1.28. The van der Waals surface area contributed by atoms with Crippen LogP contribution in [0, 0.1) is 0 Å². The molecule has 0 saturated carbocycles. The largest absolute Gasteiger partial charge is 0.459 e. The molecule has 2 aromatic heterocycles. The van der Waals surface area contributed by atoms with E-state index in [9.17, 15) is 9.59 Å². The minimum Gasteiger partial charge on any atom is -0.459 e. The Morgan fingerprint density at radius 3 is 2.62 bits per heavy atom. The Kier molecular flexibility index (Phi) is 7.07. The average molecular weight is 457 g/mol. The Labute approximate surface area is 189 Å². The van der Waals surface area contributed by atoms with Crippen molar-refractivity contribution in [2.45, 2.75) is 11.7 Å². The van der Waals surface area contributed by atoms with Crippen LogP contribution >= 0.6 is 11.8 Å². The average Bonchev–Trinajstić information content (AvgIpc) is 3.48. The van der Waals surface area contributed by atoms with E-state index in [-0.39, 0.29) is 29.9 Å². The number of hydrogen-bond donors (Lipinski definition) is 2. The van der Waals surface area contributed by atoms with E-state index in [0.717, 1.165) is 37.7 Å². The van der Waals surface area contributed by atoms with Gasteiger partial charge in [-0.25, -0.2) is 0 Å². The van der Waals surface area contributed by atoms with Crippen molar-refractivity contribution in [1.29, 1.82) is 0 Å². The molecule has 10 nitrogen and oxygen atoms in total.